The number of nitrogens with zero attached hydrogens (tertiary/aromatic N) is 1. The second-order valence-corrected chi connectivity index (χ2v) is 3.23. The quantitative estimate of drug-likeness (QED) is 0.231. The monoisotopic (exact) mass is 203 g/mol. The van der Waals surface area contributed by atoms with Crippen molar-refractivity contribution in [3.63, 3.8) is 0 Å². The highest BCUT2D eigenvalue weighted by molar-refractivity contribution is 5.85. The fourth-order valence-corrected chi connectivity index (χ4v) is 1.37. The third-order valence-corrected chi connectivity index (χ3v) is 1.98. The van der Waals surface area contributed by atoms with Gasteiger partial charge in [-0.15, -0.1) is 0 Å². The first-order chi connectivity index (χ1) is 7.15. The summed E-state index contributed by atoms with van der Waals surface area (Å²) in [6, 6.07) is 8.30. The topological polar surface area (TPSA) is 56.3 Å². The van der Waals surface area contributed by atoms with E-state index in [2.05, 4.69) is 0 Å². The minimum Gasteiger partial charge on any atom is -0.624 e. The molecular weight excluding hydrogens is 194 g/mol. The van der Waals surface area contributed by atoms with E-state index in [1.165, 1.54) is 19.3 Å². The molecule has 0 N–H and O–H groups in total. The van der Waals surface area contributed by atoms with Crippen molar-refractivity contribution in [3.8, 4) is 0 Å². The first-order valence-electron chi connectivity index (χ1n) is 4.44. The van der Waals surface area contributed by atoms with Crippen LogP contribution < -0.4 is 5.63 Å². The summed E-state index contributed by atoms with van der Waals surface area (Å²) in [5, 5.41) is 11.6. The van der Waals surface area contributed by atoms with Gasteiger partial charge in [-0.25, -0.2) is 9.53 Å². The summed E-state index contributed by atoms with van der Waals surface area (Å²) < 4.78 is 5.68. The van der Waals surface area contributed by atoms with Crippen LogP contribution in [-0.4, -0.2) is 18.0 Å². The molecule has 2 aromatic rings. The Labute approximate surface area is 85.7 Å². The van der Waals surface area contributed by atoms with Crippen LogP contribution in [0, 0.1) is 5.21 Å². The van der Waals surface area contributed by atoms with Gasteiger partial charge < -0.3 is 9.62 Å². The summed E-state index contributed by atoms with van der Waals surface area (Å²) in [6.07, 6.45) is 1.41. The van der Waals surface area contributed by atoms with E-state index < -0.39 is 5.63 Å². The van der Waals surface area contributed by atoms with Crippen LogP contribution in [0.3, 0.4) is 0 Å². The van der Waals surface area contributed by atoms with Gasteiger partial charge in [0.05, 0.1) is 0 Å². The lowest BCUT2D eigenvalue weighted by Gasteiger charge is -1.98. The van der Waals surface area contributed by atoms with Gasteiger partial charge in [0.25, 0.3) is 0 Å². The van der Waals surface area contributed by atoms with Crippen molar-refractivity contribution in [2.45, 2.75) is 0 Å². The lowest BCUT2D eigenvalue weighted by Crippen LogP contribution is -1.98. The normalized spacial score (nSPS) is 11.9. The Bertz CT molecular complexity index is 580. The zero-order valence-electron chi connectivity index (χ0n) is 8.14. The first-order valence-corrected chi connectivity index (χ1v) is 4.44. The largest absolute Gasteiger partial charge is 0.624 e. The molecule has 0 atom stereocenters. The van der Waals surface area contributed by atoms with Crippen LogP contribution in [0.15, 0.2) is 39.5 Å². The van der Waals surface area contributed by atoms with E-state index in [1.54, 1.807) is 24.3 Å². The SMILES string of the molecule is C/[N+]([O-])=C/c1ccc2ccc(=O)oc2c1. The molecule has 76 valence electrons. The first kappa shape index (κ1) is 9.45. The third kappa shape index (κ3) is 2.04. The molecule has 2 rings (SSSR count). The molecule has 0 unspecified atom stereocenters. The highest BCUT2D eigenvalue weighted by Crippen LogP contribution is 2.12. The van der Waals surface area contributed by atoms with Crippen LogP contribution in [0.4, 0.5) is 0 Å². The number of rotatable bonds is 1. The molecule has 0 aliphatic carbocycles. The fourth-order valence-electron chi connectivity index (χ4n) is 1.37. The van der Waals surface area contributed by atoms with E-state index >= 15 is 0 Å². The Balaban J connectivity index is 2.64. The van der Waals surface area contributed by atoms with Crippen molar-refractivity contribution >= 4 is 17.2 Å². The van der Waals surface area contributed by atoms with Gasteiger partial charge in [0.1, 0.15) is 12.6 Å². The van der Waals surface area contributed by atoms with Gasteiger partial charge in [0.2, 0.25) is 0 Å². The van der Waals surface area contributed by atoms with Crippen LogP contribution >= 0.6 is 0 Å². The Morgan fingerprint density at radius 2 is 2.07 bits per heavy atom. The maximum Gasteiger partial charge on any atom is 0.336 e. The standard InChI is InChI=1S/C11H9NO3/c1-12(14)7-8-2-3-9-4-5-11(13)15-10(9)6-8/h2-7H,1H3/b12-7-. The number of hydrogen-bond acceptors (Lipinski definition) is 3. The van der Waals surface area contributed by atoms with Gasteiger partial charge in [-0.05, 0) is 18.2 Å². The highest BCUT2D eigenvalue weighted by atomic mass is 16.5. The molecule has 0 spiro atoms. The predicted molar refractivity (Wildman–Crippen MR) is 57.2 cm³/mol. The Morgan fingerprint density at radius 1 is 1.33 bits per heavy atom. The summed E-state index contributed by atoms with van der Waals surface area (Å²) >= 11 is 0. The summed E-state index contributed by atoms with van der Waals surface area (Å²) in [7, 11) is 1.39. The molecule has 1 aromatic heterocycles. The molecule has 4 nitrogen and oxygen atoms in total. The van der Waals surface area contributed by atoms with Crippen molar-refractivity contribution in [2.75, 3.05) is 7.05 Å². The molecule has 0 saturated carbocycles. The molecular formula is C11H9NO3. The summed E-state index contributed by atoms with van der Waals surface area (Å²) in [4.78, 5) is 11.0. The van der Waals surface area contributed by atoms with Gasteiger partial charge in [0, 0.05) is 17.0 Å². The average Bonchev–Trinajstić information content (AvgIpc) is 2.16. The molecule has 0 amide bonds. The summed E-state index contributed by atoms with van der Waals surface area (Å²) in [5.74, 6) is 0. The summed E-state index contributed by atoms with van der Waals surface area (Å²) in [6.45, 7) is 0. The van der Waals surface area contributed by atoms with E-state index in [0.717, 1.165) is 5.39 Å². The van der Waals surface area contributed by atoms with Crippen LogP contribution in [0.2, 0.25) is 0 Å². The van der Waals surface area contributed by atoms with E-state index in [0.29, 0.717) is 15.9 Å². The molecule has 0 radical (unpaired) electrons. The van der Waals surface area contributed by atoms with Crippen LogP contribution in [0.1, 0.15) is 5.56 Å². The molecule has 1 aromatic carbocycles. The Kier molecular flexibility index (Phi) is 2.25. The number of fused-ring (bicyclic) bond motifs is 1. The zero-order valence-corrected chi connectivity index (χ0v) is 8.14. The Hall–Kier alpha value is -2.10. The van der Waals surface area contributed by atoms with E-state index in [-0.39, 0.29) is 0 Å². The maximum absolute atomic E-state index is 11.0. The van der Waals surface area contributed by atoms with Gasteiger partial charge in [-0.1, -0.05) is 6.07 Å². The van der Waals surface area contributed by atoms with Crippen molar-refractivity contribution in [2.24, 2.45) is 0 Å². The van der Waals surface area contributed by atoms with Crippen LogP contribution in [-0.2, 0) is 0 Å². The van der Waals surface area contributed by atoms with E-state index in [4.69, 9.17) is 4.42 Å². The minimum atomic E-state index is -0.393. The second kappa shape index (κ2) is 3.57. The lowest BCUT2D eigenvalue weighted by molar-refractivity contribution is -0.416. The molecule has 0 aliphatic rings. The van der Waals surface area contributed by atoms with E-state index in [9.17, 15) is 10.0 Å². The summed E-state index contributed by atoms with van der Waals surface area (Å²) in [5.41, 5.74) is 0.794. The van der Waals surface area contributed by atoms with Crippen molar-refractivity contribution in [3.05, 3.63) is 51.5 Å². The smallest absolute Gasteiger partial charge is 0.336 e. The number of hydroxylamine groups is 1. The molecule has 0 bridgehead atoms. The fraction of sp³-hybridized carbons (Fsp3) is 0.0909. The molecule has 0 fully saturated rings. The van der Waals surface area contributed by atoms with Crippen molar-refractivity contribution in [1.82, 2.24) is 0 Å². The van der Waals surface area contributed by atoms with Crippen molar-refractivity contribution in [1.29, 1.82) is 0 Å². The predicted octanol–water partition coefficient (Wildman–Crippen LogP) is 1.35. The van der Waals surface area contributed by atoms with Crippen LogP contribution in [0.5, 0.6) is 0 Å². The van der Waals surface area contributed by atoms with E-state index in [1.807, 2.05) is 0 Å². The van der Waals surface area contributed by atoms with Gasteiger partial charge in [-0.3, -0.25) is 0 Å². The third-order valence-electron chi connectivity index (χ3n) is 1.98. The van der Waals surface area contributed by atoms with Crippen LogP contribution in [0.25, 0.3) is 11.0 Å². The number of benzene rings is 1. The van der Waals surface area contributed by atoms with Gasteiger partial charge in [0.15, 0.2) is 6.21 Å². The minimum absolute atomic E-state index is 0.393. The van der Waals surface area contributed by atoms with Gasteiger partial charge in [-0.2, -0.15) is 0 Å². The van der Waals surface area contributed by atoms with Crippen molar-refractivity contribution < 1.29 is 9.16 Å². The molecule has 15 heavy (non-hydrogen) atoms. The molecule has 4 heteroatoms. The second-order valence-electron chi connectivity index (χ2n) is 3.23. The highest BCUT2D eigenvalue weighted by Gasteiger charge is 1.99. The zero-order chi connectivity index (χ0) is 10.8. The Morgan fingerprint density at radius 3 is 2.80 bits per heavy atom. The molecule has 0 aliphatic heterocycles. The van der Waals surface area contributed by atoms with Gasteiger partial charge >= 0.3 is 5.63 Å². The average molecular weight is 203 g/mol. The lowest BCUT2D eigenvalue weighted by atomic mass is 10.1. The maximum atomic E-state index is 11.0. The number of hydrogen-bond donors (Lipinski definition) is 0. The molecule has 0 saturated heterocycles. The molecule has 1 heterocycles.